The van der Waals surface area contributed by atoms with Crippen molar-refractivity contribution in [2.45, 2.75) is 50.8 Å². The van der Waals surface area contributed by atoms with Gasteiger partial charge in [-0.25, -0.2) is 0 Å². The third-order valence-electron chi connectivity index (χ3n) is 6.33. The molecule has 1 amide bonds. The Morgan fingerprint density at radius 2 is 2.04 bits per heavy atom. The monoisotopic (exact) mass is 343 g/mol. The van der Waals surface area contributed by atoms with Gasteiger partial charge in [-0.05, 0) is 37.1 Å². The van der Waals surface area contributed by atoms with Crippen LogP contribution >= 0.6 is 0 Å². The molecule has 0 spiro atoms. The molecule has 136 valence electrons. The Balaban J connectivity index is 1.31. The van der Waals surface area contributed by atoms with Crippen LogP contribution in [0.2, 0.25) is 0 Å². The molecule has 1 N–H and O–H groups in total. The predicted octanol–water partition coefficient (Wildman–Crippen LogP) is 2.22. The molecule has 0 radical (unpaired) electrons. The van der Waals surface area contributed by atoms with Crippen molar-refractivity contribution < 1.29 is 9.53 Å². The zero-order valence-corrected chi connectivity index (χ0v) is 15.1. The van der Waals surface area contributed by atoms with Crippen molar-refractivity contribution >= 4 is 5.91 Å². The first kappa shape index (κ1) is 17.0. The maximum atomic E-state index is 12.6. The first-order valence-corrected chi connectivity index (χ1v) is 9.71. The summed E-state index contributed by atoms with van der Waals surface area (Å²) >= 11 is 0. The lowest BCUT2D eigenvalue weighted by molar-refractivity contribution is -0.130. The molecule has 5 nitrogen and oxygen atoms in total. The van der Waals surface area contributed by atoms with Gasteiger partial charge in [0.1, 0.15) is 0 Å². The van der Waals surface area contributed by atoms with E-state index in [2.05, 4.69) is 15.2 Å². The van der Waals surface area contributed by atoms with Gasteiger partial charge < -0.3 is 10.1 Å². The van der Waals surface area contributed by atoms with Gasteiger partial charge in [0.05, 0.1) is 12.6 Å². The highest BCUT2D eigenvalue weighted by molar-refractivity contribution is 5.78. The van der Waals surface area contributed by atoms with E-state index in [0.29, 0.717) is 30.5 Å². The van der Waals surface area contributed by atoms with Crippen LogP contribution < -0.4 is 5.32 Å². The first-order valence-electron chi connectivity index (χ1n) is 9.71. The summed E-state index contributed by atoms with van der Waals surface area (Å²) in [5.41, 5.74) is 1.18. The molecule has 0 aromatic carbocycles. The number of aromatic nitrogens is 1. The van der Waals surface area contributed by atoms with E-state index in [4.69, 9.17) is 4.74 Å². The molecule has 1 aromatic heterocycles. The minimum atomic E-state index is 0.148. The van der Waals surface area contributed by atoms with Gasteiger partial charge in [-0.2, -0.15) is 0 Å². The van der Waals surface area contributed by atoms with Crippen LogP contribution in [-0.2, 0) is 16.1 Å². The Kier molecular flexibility index (Phi) is 5.04. The lowest BCUT2D eigenvalue weighted by atomic mass is 9.61. The zero-order valence-electron chi connectivity index (χ0n) is 15.1. The predicted molar refractivity (Wildman–Crippen MR) is 95.8 cm³/mol. The minimum Gasteiger partial charge on any atom is -0.377 e. The van der Waals surface area contributed by atoms with Crippen LogP contribution in [0.25, 0.3) is 0 Å². The van der Waals surface area contributed by atoms with Crippen molar-refractivity contribution in [3.8, 4) is 0 Å². The number of pyridine rings is 1. The van der Waals surface area contributed by atoms with E-state index >= 15 is 0 Å². The molecule has 2 aliphatic carbocycles. The topological polar surface area (TPSA) is 54.5 Å². The van der Waals surface area contributed by atoms with E-state index in [-0.39, 0.29) is 5.91 Å². The minimum absolute atomic E-state index is 0.148. The molecule has 3 fully saturated rings. The molecule has 4 rings (SSSR count). The fraction of sp³-hybridized carbons (Fsp3) is 0.700. The summed E-state index contributed by atoms with van der Waals surface area (Å²) in [6.07, 6.45) is 10.4. The number of carbonyl (C=O) groups is 1. The molecule has 2 heterocycles. The number of fused-ring (bicyclic) bond motifs is 1. The summed E-state index contributed by atoms with van der Waals surface area (Å²) in [5, 5.41) is 3.36. The maximum absolute atomic E-state index is 12.6. The average Bonchev–Trinajstić information content (AvgIpc) is 3.24. The highest BCUT2D eigenvalue weighted by atomic mass is 16.5. The van der Waals surface area contributed by atoms with Crippen LogP contribution in [-0.4, -0.2) is 48.1 Å². The molecule has 4 atom stereocenters. The van der Waals surface area contributed by atoms with Crippen LogP contribution in [0.4, 0.5) is 0 Å². The van der Waals surface area contributed by atoms with Crippen LogP contribution in [0, 0.1) is 17.8 Å². The van der Waals surface area contributed by atoms with Gasteiger partial charge in [0.2, 0.25) is 5.91 Å². The molecule has 0 unspecified atom stereocenters. The van der Waals surface area contributed by atoms with Gasteiger partial charge in [-0.15, -0.1) is 0 Å². The van der Waals surface area contributed by atoms with Gasteiger partial charge in [0.25, 0.3) is 0 Å². The Morgan fingerprint density at radius 1 is 1.28 bits per heavy atom. The smallest absolute Gasteiger partial charge is 0.234 e. The Bertz CT molecular complexity index is 583. The lowest BCUT2D eigenvalue weighted by Crippen LogP contribution is -2.64. The summed E-state index contributed by atoms with van der Waals surface area (Å²) in [5.74, 6) is 1.98. The largest absolute Gasteiger partial charge is 0.377 e. The number of likely N-dealkylation sites (N-methyl/N-ethyl adjacent to an activating group) is 1. The van der Waals surface area contributed by atoms with E-state index in [1.807, 2.05) is 19.2 Å². The molecule has 1 aromatic rings. The van der Waals surface area contributed by atoms with Crippen molar-refractivity contribution in [2.24, 2.45) is 17.8 Å². The lowest BCUT2D eigenvalue weighted by Gasteiger charge is -2.50. The van der Waals surface area contributed by atoms with Crippen LogP contribution in [0.1, 0.15) is 37.7 Å². The quantitative estimate of drug-likeness (QED) is 0.860. The standard InChI is InChI=1S/C20H29N3O2/c1-23(12-14-6-9-21-10-7-14)13-17(24)22-19-16-8-11-25-20(16)18(19)15-4-2-3-5-15/h6-7,9-10,15-16,18-20H,2-5,8,11-13H2,1H3,(H,22,24)/t16-,18+,19+,20-/m1/s1. The molecule has 3 aliphatic rings. The number of hydrogen-bond acceptors (Lipinski definition) is 4. The highest BCUT2D eigenvalue weighted by Crippen LogP contribution is 2.51. The summed E-state index contributed by atoms with van der Waals surface area (Å²) < 4.78 is 5.98. The molecular weight excluding hydrogens is 314 g/mol. The summed E-state index contributed by atoms with van der Waals surface area (Å²) in [4.78, 5) is 18.7. The van der Waals surface area contributed by atoms with E-state index in [1.165, 1.54) is 31.2 Å². The molecule has 5 heteroatoms. The second-order valence-corrected chi connectivity index (χ2v) is 8.03. The van der Waals surface area contributed by atoms with Crippen LogP contribution in [0.3, 0.4) is 0 Å². The average molecular weight is 343 g/mol. The molecule has 2 saturated carbocycles. The Morgan fingerprint density at radius 3 is 2.80 bits per heavy atom. The molecule has 25 heavy (non-hydrogen) atoms. The molecule has 1 saturated heterocycles. The van der Waals surface area contributed by atoms with Crippen molar-refractivity contribution in [1.82, 2.24) is 15.2 Å². The third-order valence-corrected chi connectivity index (χ3v) is 6.33. The number of carbonyl (C=O) groups excluding carboxylic acids is 1. The molecule has 0 bridgehead atoms. The number of nitrogens with zero attached hydrogens (tertiary/aromatic N) is 2. The second-order valence-electron chi connectivity index (χ2n) is 8.03. The van der Waals surface area contributed by atoms with Gasteiger partial charge in [0.15, 0.2) is 0 Å². The number of nitrogens with one attached hydrogen (secondary N) is 1. The van der Waals surface area contributed by atoms with Crippen molar-refractivity contribution in [2.75, 3.05) is 20.2 Å². The van der Waals surface area contributed by atoms with Crippen molar-refractivity contribution in [3.63, 3.8) is 0 Å². The number of ether oxygens (including phenoxy) is 1. The van der Waals surface area contributed by atoms with E-state index in [0.717, 1.165) is 25.5 Å². The number of hydrogen-bond donors (Lipinski definition) is 1. The first-order chi connectivity index (χ1) is 12.2. The van der Waals surface area contributed by atoms with E-state index in [1.54, 1.807) is 12.4 Å². The van der Waals surface area contributed by atoms with E-state index < -0.39 is 0 Å². The SMILES string of the molecule is CN(CC(=O)N[C@H]1[C@H]2CCO[C@H]2[C@H]1C1CCCC1)Cc1ccncc1. The zero-order chi connectivity index (χ0) is 17.2. The third kappa shape index (κ3) is 3.58. The van der Waals surface area contributed by atoms with Crippen molar-refractivity contribution in [3.05, 3.63) is 30.1 Å². The van der Waals surface area contributed by atoms with Crippen molar-refractivity contribution in [1.29, 1.82) is 0 Å². The summed E-state index contributed by atoms with van der Waals surface area (Å²) in [7, 11) is 2.00. The van der Waals surface area contributed by atoms with Gasteiger partial charge in [-0.1, -0.05) is 25.7 Å². The van der Waals surface area contributed by atoms with Gasteiger partial charge in [0, 0.05) is 43.4 Å². The maximum Gasteiger partial charge on any atom is 0.234 e. The number of rotatable bonds is 6. The highest BCUT2D eigenvalue weighted by Gasteiger charge is 2.56. The fourth-order valence-electron chi connectivity index (χ4n) is 5.19. The summed E-state index contributed by atoms with van der Waals surface area (Å²) in [6, 6.07) is 4.32. The second kappa shape index (κ2) is 7.42. The summed E-state index contributed by atoms with van der Waals surface area (Å²) in [6.45, 7) is 2.07. The van der Waals surface area contributed by atoms with E-state index in [9.17, 15) is 4.79 Å². The molecule has 1 aliphatic heterocycles. The normalized spacial score (nSPS) is 31.8. The van der Waals surface area contributed by atoms with Gasteiger partial charge >= 0.3 is 0 Å². The van der Waals surface area contributed by atoms with Crippen LogP contribution in [0.15, 0.2) is 24.5 Å². The van der Waals surface area contributed by atoms with Crippen LogP contribution in [0.5, 0.6) is 0 Å². The molecular formula is C20H29N3O2. The van der Waals surface area contributed by atoms with Gasteiger partial charge in [-0.3, -0.25) is 14.7 Å². The Labute approximate surface area is 150 Å². The Hall–Kier alpha value is -1.46. The fourth-order valence-corrected chi connectivity index (χ4v) is 5.19. The number of amides is 1.